The third-order valence-electron chi connectivity index (χ3n) is 5.86. The first-order valence-electron chi connectivity index (χ1n) is 11.9. The highest BCUT2D eigenvalue weighted by molar-refractivity contribution is 9.10. The molecule has 0 atom stereocenters. The van der Waals surface area contributed by atoms with Crippen LogP contribution in [-0.2, 0) is 16.2 Å². The molecular weight excluding hydrogens is 663 g/mol. The number of amides is 4. The summed E-state index contributed by atoms with van der Waals surface area (Å²) in [5, 5.41) is 3.29. The van der Waals surface area contributed by atoms with E-state index in [2.05, 4.69) is 21.2 Å². The lowest BCUT2D eigenvalue weighted by molar-refractivity contribution is -0.122. The van der Waals surface area contributed by atoms with Crippen LogP contribution in [0.25, 0.3) is 6.08 Å². The molecule has 1 aliphatic rings. The number of benzene rings is 3. The largest absolute Gasteiger partial charge is 0.495 e. The summed E-state index contributed by atoms with van der Waals surface area (Å²) < 4.78 is 22.8. The van der Waals surface area contributed by atoms with Gasteiger partial charge >= 0.3 is 6.03 Å². The zero-order valence-electron chi connectivity index (χ0n) is 21.8. The van der Waals surface area contributed by atoms with Crippen molar-refractivity contribution in [2.75, 3.05) is 25.7 Å². The first kappa shape index (κ1) is 30.5. The lowest BCUT2D eigenvalue weighted by atomic mass is 10.1. The summed E-state index contributed by atoms with van der Waals surface area (Å²) in [5.41, 5.74) is 0.732. The Morgan fingerprint density at radius 2 is 1.59 bits per heavy atom. The number of barbiturate groups is 1. The molecule has 4 rings (SSSR count). The van der Waals surface area contributed by atoms with Gasteiger partial charge in [0.2, 0.25) is 0 Å². The van der Waals surface area contributed by atoms with E-state index < -0.39 is 17.8 Å². The van der Waals surface area contributed by atoms with Crippen molar-refractivity contribution < 1.29 is 33.3 Å². The molecule has 1 saturated heterocycles. The molecule has 214 valence electrons. The molecule has 3 aromatic rings. The summed E-state index contributed by atoms with van der Waals surface area (Å²) in [6, 6.07) is 10.2. The van der Waals surface area contributed by atoms with Crippen LogP contribution in [0.4, 0.5) is 10.5 Å². The van der Waals surface area contributed by atoms with Crippen LogP contribution in [0, 0.1) is 0 Å². The van der Waals surface area contributed by atoms with Gasteiger partial charge in [0.1, 0.15) is 23.7 Å². The van der Waals surface area contributed by atoms with Crippen molar-refractivity contribution in [2.24, 2.45) is 0 Å². The Morgan fingerprint density at radius 1 is 0.902 bits per heavy atom. The maximum atomic E-state index is 13.5. The number of urea groups is 1. The Kier molecular flexibility index (Phi) is 9.70. The minimum atomic E-state index is -0.960. The smallest absolute Gasteiger partial charge is 0.336 e. The highest BCUT2D eigenvalue weighted by Crippen LogP contribution is 2.41. The van der Waals surface area contributed by atoms with Crippen molar-refractivity contribution in [1.82, 2.24) is 5.32 Å². The van der Waals surface area contributed by atoms with Crippen LogP contribution < -0.4 is 29.2 Å². The SMILES string of the molecule is CCOc1cc(/C=C2\C(=O)NC(=O)N(c3cc(OC)c(Cl)cc3OC)C2=O)cc(Br)c1OCc1c(Cl)cccc1Cl. The van der Waals surface area contributed by atoms with E-state index in [0.29, 0.717) is 43.8 Å². The Morgan fingerprint density at radius 3 is 2.22 bits per heavy atom. The van der Waals surface area contributed by atoms with Gasteiger partial charge in [0.15, 0.2) is 11.5 Å². The lowest BCUT2D eigenvalue weighted by Gasteiger charge is -2.28. The van der Waals surface area contributed by atoms with Gasteiger partial charge in [-0.2, -0.15) is 0 Å². The topological polar surface area (TPSA) is 103 Å². The second-order valence-electron chi connectivity index (χ2n) is 8.37. The molecule has 0 bridgehead atoms. The van der Waals surface area contributed by atoms with E-state index in [-0.39, 0.29) is 34.4 Å². The molecule has 41 heavy (non-hydrogen) atoms. The number of carbonyl (C=O) groups is 3. The van der Waals surface area contributed by atoms with Gasteiger partial charge in [0.25, 0.3) is 11.8 Å². The van der Waals surface area contributed by atoms with Crippen LogP contribution in [0.15, 0.2) is 52.5 Å². The fourth-order valence-electron chi connectivity index (χ4n) is 3.95. The number of carbonyl (C=O) groups excluding carboxylic acids is 3. The summed E-state index contributed by atoms with van der Waals surface area (Å²) in [4.78, 5) is 39.9. The maximum absolute atomic E-state index is 13.5. The van der Waals surface area contributed by atoms with E-state index in [4.69, 9.17) is 53.8 Å². The van der Waals surface area contributed by atoms with Crippen LogP contribution in [0.3, 0.4) is 0 Å². The molecular formula is C28H22BrCl3N2O7. The predicted octanol–water partition coefficient (Wildman–Crippen LogP) is 7.07. The molecule has 0 aromatic heterocycles. The summed E-state index contributed by atoms with van der Waals surface area (Å²) in [5.74, 6) is -0.751. The Labute approximate surface area is 259 Å². The van der Waals surface area contributed by atoms with E-state index in [0.717, 1.165) is 4.90 Å². The van der Waals surface area contributed by atoms with Gasteiger partial charge in [0, 0.05) is 27.7 Å². The zero-order chi connectivity index (χ0) is 29.8. The molecule has 1 N–H and O–H groups in total. The number of nitrogens with zero attached hydrogens (tertiary/aromatic N) is 1. The first-order valence-corrected chi connectivity index (χ1v) is 13.9. The van der Waals surface area contributed by atoms with Gasteiger partial charge in [-0.3, -0.25) is 14.9 Å². The number of halogens is 4. The van der Waals surface area contributed by atoms with Crippen LogP contribution >= 0.6 is 50.7 Å². The average molecular weight is 685 g/mol. The van der Waals surface area contributed by atoms with Gasteiger partial charge in [-0.15, -0.1) is 0 Å². The molecule has 3 aromatic carbocycles. The van der Waals surface area contributed by atoms with Gasteiger partial charge < -0.3 is 18.9 Å². The molecule has 1 heterocycles. The second kappa shape index (κ2) is 13.0. The molecule has 0 unspecified atom stereocenters. The third kappa shape index (κ3) is 6.41. The number of anilines is 1. The molecule has 0 spiro atoms. The van der Waals surface area contributed by atoms with Gasteiger partial charge in [-0.1, -0.05) is 40.9 Å². The minimum absolute atomic E-state index is 0.0350. The highest BCUT2D eigenvalue weighted by Gasteiger charge is 2.38. The number of imide groups is 2. The highest BCUT2D eigenvalue weighted by atomic mass is 79.9. The Balaban J connectivity index is 1.72. The lowest BCUT2D eigenvalue weighted by Crippen LogP contribution is -2.54. The Hall–Kier alpha value is -3.44. The van der Waals surface area contributed by atoms with E-state index >= 15 is 0 Å². The third-order valence-corrected chi connectivity index (χ3v) is 7.45. The molecule has 0 radical (unpaired) electrons. The number of hydrogen-bond acceptors (Lipinski definition) is 7. The molecule has 4 amide bonds. The number of ether oxygens (including phenoxy) is 4. The predicted molar refractivity (Wildman–Crippen MR) is 160 cm³/mol. The summed E-state index contributed by atoms with van der Waals surface area (Å²) in [7, 11) is 2.74. The van der Waals surface area contributed by atoms with Crippen molar-refractivity contribution in [1.29, 1.82) is 0 Å². The molecule has 1 fully saturated rings. The fourth-order valence-corrected chi connectivity index (χ4v) is 5.26. The van der Waals surface area contributed by atoms with Crippen molar-refractivity contribution >= 4 is 80.3 Å². The normalized spacial score (nSPS) is 14.3. The van der Waals surface area contributed by atoms with E-state index in [1.54, 1.807) is 37.3 Å². The van der Waals surface area contributed by atoms with E-state index in [1.807, 2.05) is 0 Å². The Bertz CT molecular complexity index is 1560. The molecule has 13 heteroatoms. The summed E-state index contributed by atoms with van der Waals surface area (Å²) in [6.45, 7) is 2.15. The van der Waals surface area contributed by atoms with Gasteiger partial charge in [-0.25, -0.2) is 9.69 Å². The minimum Gasteiger partial charge on any atom is -0.495 e. The van der Waals surface area contributed by atoms with Crippen LogP contribution in [0.5, 0.6) is 23.0 Å². The van der Waals surface area contributed by atoms with E-state index in [1.165, 1.54) is 32.4 Å². The molecule has 9 nitrogen and oxygen atoms in total. The van der Waals surface area contributed by atoms with Crippen molar-refractivity contribution in [2.45, 2.75) is 13.5 Å². The standard InChI is InChI=1S/C28H22BrCl3N2O7/c1-4-40-24-10-14(9-17(29)25(24)41-13-16-18(30)6-5-7-19(16)31)8-15-26(35)33-28(37)34(27(15)36)21-12-22(38-2)20(32)11-23(21)39-3/h5-12H,4,13H2,1-3H3,(H,33,35,37)/b15-8+. The van der Waals surface area contributed by atoms with Crippen molar-refractivity contribution in [3.63, 3.8) is 0 Å². The summed E-state index contributed by atoms with van der Waals surface area (Å²) >= 11 is 22.2. The quantitative estimate of drug-likeness (QED) is 0.190. The van der Waals surface area contributed by atoms with Gasteiger partial charge in [0.05, 0.1) is 36.0 Å². The molecule has 0 saturated carbocycles. The van der Waals surface area contributed by atoms with Crippen LogP contribution in [0.1, 0.15) is 18.1 Å². The number of hydrogen-bond donors (Lipinski definition) is 1. The maximum Gasteiger partial charge on any atom is 0.336 e. The zero-order valence-corrected chi connectivity index (χ0v) is 25.7. The fraction of sp³-hybridized carbons (Fsp3) is 0.179. The van der Waals surface area contributed by atoms with Crippen LogP contribution in [-0.4, -0.2) is 38.7 Å². The summed E-state index contributed by atoms with van der Waals surface area (Å²) in [6.07, 6.45) is 1.33. The first-order chi connectivity index (χ1) is 19.6. The van der Waals surface area contributed by atoms with Gasteiger partial charge in [-0.05, 0) is 58.8 Å². The number of rotatable bonds is 9. The second-order valence-corrected chi connectivity index (χ2v) is 10.4. The molecule has 0 aliphatic carbocycles. The van der Waals surface area contributed by atoms with E-state index in [9.17, 15) is 14.4 Å². The monoisotopic (exact) mass is 682 g/mol. The number of nitrogens with one attached hydrogen (secondary N) is 1. The number of methoxy groups -OCH3 is 2. The average Bonchev–Trinajstić information content (AvgIpc) is 2.92. The molecule has 1 aliphatic heterocycles. The van der Waals surface area contributed by atoms with Crippen LogP contribution in [0.2, 0.25) is 15.1 Å². The van der Waals surface area contributed by atoms with Crippen molar-refractivity contribution in [3.05, 3.63) is 78.7 Å². The van der Waals surface area contributed by atoms with Crippen molar-refractivity contribution in [3.8, 4) is 23.0 Å².